The van der Waals surface area contributed by atoms with Gasteiger partial charge < -0.3 is 9.47 Å². The Balaban J connectivity index is 1.86. The van der Waals surface area contributed by atoms with Crippen molar-refractivity contribution in [3.63, 3.8) is 0 Å². The summed E-state index contributed by atoms with van der Waals surface area (Å²) in [7, 11) is 0. The van der Waals surface area contributed by atoms with E-state index in [-0.39, 0.29) is 36.4 Å². The molecule has 2 atom stereocenters. The fourth-order valence-electron chi connectivity index (χ4n) is 2.68. The minimum absolute atomic E-state index is 0.0799. The number of hydrogen-bond acceptors (Lipinski definition) is 4. The normalized spacial score (nSPS) is 21.9. The summed E-state index contributed by atoms with van der Waals surface area (Å²) in [4.78, 5) is 23.5. The number of allylic oxidation sites excluding steroid dienone is 1. The Morgan fingerprint density at radius 1 is 1.22 bits per heavy atom. The molecule has 0 aromatic heterocycles. The average molecular weight is 320 g/mol. The zero-order valence-corrected chi connectivity index (χ0v) is 13.3. The lowest BCUT2D eigenvalue weighted by Gasteiger charge is -2.05. The first-order valence-electron chi connectivity index (χ1n) is 7.58. The van der Waals surface area contributed by atoms with E-state index in [1.54, 1.807) is 6.08 Å². The van der Waals surface area contributed by atoms with Gasteiger partial charge in [-0.25, -0.2) is 9.18 Å². The van der Waals surface area contributed by atoms with Crippen LogP contribution in [0.5, 0.6) is 0 Å². The Kier molecular flexibility index (Phi) is 5.53. The largest absolute Gasteiger partial charge is 0.461 e. The van der Waals surface area contributed by atoms with Crippen molar-refractivity contribution in [2.24, 2.45) is 17.3 Å². The van der Waals surface area contributed by atoms with Crippen LogP contribution in [0.25, 0.3) is 0 Å². The summed E-state index contributed by atoms with van der Waals surface area (Å²) in [5, 5.41) is 0. The van der Waals surface area contributed by atoms with Crippen LogP contribution in [0.2, 0.25) is 0 Å². The van der Waals surface area contributed by atoms with Gasteiger partial charge in [0.05, 0.1) is 5.92 Å². The number of carbonyl (C=O) groups excluding carboxylic acids is 2. The van der Waals surface area contributed by atoms with Crippen LogP contribution in [0.4, 0.5) is 4.39 Å². The van der Waals surface area contributed by atoms with E-state index in [2.05, 4.69) is 4.74 Å². The molecule has 23 heavy (non-hydrogen) atoms. The molecule has 0 spiro atoms. The molecule has 1 aromatic rings. The highest BCUT2D eigenvalue weighted by atomic mass is 19.1. The van der Waals surface area contributed by atoms with Crippen LogP contribution in [0.15, 0.2) is 42.5 Å². The lowest BCUT2D eigenvalue weighted by Crippen LogP contribution is -2.10. The van der Waals surface area contributed by atoms with Gasteiger partial charge in [-0.05, 0) is 16.9 Å². The van der Waals surface area contributed by atoms with Gasteiger partial charge in [0.15, 0.2) is 0 Å². The third kappa shape index (κ3) is 4.41. The fourth-order valence-corrected chi connectivity index (χ4v) is 2.68. The molecule has 1 fully saturated rings. The summed E-state index contributed by atoms with van der Waals surface area (Å²) in [5.41, 5.74) is 0.672. The van der Waals surface area contributed by atoms with E-state index in [4.69, 9.17) is 4.74 Å². The van der Waals surface area contributed by atoms with Crippen LogP contribution in [0, 0.1) is 17.3 Å². The second-order valence-electron chi connectivity index (χ2n) is 6.13. The van der Waals surface area contributed by atoms with E-state index in [0.717, 1.165) is 5.56 Å². The van der Waals surface area contributed by atoms with Crippen LogP contribution in [-0.2, 0) is 25.7 Å². The Bertz CT molecular complexity index is 580. The van der Waals surface area contributed by atoms with Gasteiger partial charge in [0.1, 0.15) is 19.9 Å². The number of esters is 2. The van der Waals surface area contributed by atoms with Crippen LogP contribution in [0.1, 0.15) is 19.4 Å². The van der Waals surface area contributed by atoms with Crippen LogP contribution < -0.4 is 0 Å². The fraction of sp³-hybridized carbons (Fsp3) is 0.444. The number of alkyl halides is 1. The van der Waals surface area contributed by atoms with Gasteiger partial charge in [-0.2, -0.15) is 0 Å². The zero-order valence-electron chi connectivity index (χ0n) is 13.3. The topological polar surface area (TPSA) is 52.6 Å². The molecule has 1 saturated carbocycles. The van der Waals surface area contributed by atoms with Crippen molar-refractivity contribution in [3.05, 3.63) is 48.0 Å². The van der Waals surface area contributed by atoms with E-state index >= 15 is 0 Å². The maximum atomic E-state index is 12.2. The van der Waals surface area contributed by atoms with Crippen molar-refractivity contribution in [2.45, 2.75) is 20.5 Å². The van der Waals surface area contributed by atoms with Crippen molar-refractivity contribution >= 4 is 11.9 Å². The van der Waals surface area contributed by atoms with E-state index in [0.29, 0.717) is 0 Å². The highest BCUT2D eigenvalue weighted by molar-refractivity contribution is 5.83. The van der Waals surface area contributed by atoms with Crippen molar-refractivity contribution in [3.8, 4) is 0 Å². The molecule has 124 valence electrons. The first-order chi connectivity index (χ1) is 11.0. The molecule has 0 bridgehead atoms. The Morgan fingerprint density at radius 3 is 2.57 bits per heavy atom. The maximum Gasteiger partial charge on any atom is 0.330 e. The highest BCUT2D eigenvalue weighted by Gasteiger charge is 2.61. The summed E-state index contributed by atoms with van der Waals surface area (Å²) >= 11 is 0. The third-order valence-electron chi connectivity index (χ3n) is 4.15. The van der Waals surface area contributed by atoms with Crippen LogP contribution in [0.3, 0.4) is 0 Å². The van der Waals surface area contributed by atoms with Gasteiger partial charge in [-0.1, -0.05) is 50.3 Å². The molecule has 0 saturated heterocycles. The van der Waals surface area contributed by atoms with Crippen LogP contribution in [-0.4, -0.2) is 25.2 Å². The molecular weight excluding hydrogens is 299 g/mol. The molecule has 5 heteroatoms. The van der Waals surface area contributed by atoms with E-state index < -0.39 is 12.6 Å². The van der Waals surface area contributed by atoms with Crippen molar-refractivity contribution in [2.75, 3.05) is 13.3 Å². The minimum Gasteiger partial charge on any atom is -0.461 e. The lowest BCUT2D eigenvalue weighted by molar-refractivity contribution is -0.147. The summed E-state index contributed by atoms with van der Waals surface area (Å²) in [6.07, 6.45) is 2.90. The van der Waals surface area contributed by atoms with E-state index in [1.807, 2.05) is 44.2 Å². The number of benzene rings is 1. The quantitative estimate of drug-likeness (QED) is 0.572. The Morgan fingerprint density at radius 2 is 1.91 bits per heavy atom. The average Bonchev–Trinajstić information content (AvgIpc) is 3.10. The second kappa shape index (κ2) is 7.40. The number of carbonyl (C=O) groups is 2. The highest BCUT2D eigenvalue weighted by Crippen LogP contribution is 2.59. The molecule has 0 N–H and O–H groups in total. The summed E-state index contributed by atoms with van der Waals surface area (Å²) in [6, 6.07) is 9.46. The number of rotatable bonds is 7. The lowest BCUT2D eigenvalue weighted by atomic mass is 10.1. The predicted octanol–water partition coefficient (Wildman–Crippen LogP) is 3.07. The maximum absolute atomic E-state index is 12.2. The van der Waals surface area contributed by atoms with Gasteiger partial charge in [-0.3, -0.25) is 4.79 Å². The van der Waals surface area contributed by atoms with Crippen molar-refractivity contribution in [1.82, 2.24) is 0 Å². The Hall–Kier alpha value is -2.17. The SMILES string of the molecule is CC1(C)[C@H](C(=O)OCc2ccccc2)[C@@H]1/C=C\C(=O)OCCF. The molecule has 1 aliphatic carbocycles. The molecule has 1 aliphatic rings. The van der Waals surface area contributed by atoms with Gasteiger partial charge >= 0.3 is 11.9 Å². The molecule has 0 heterocycles. The minimum atomic E-state index is -0.705. The zero-order chi connectivity index (χ0) is 16.9. The number of halogens is 1. The first kappa shape index (κ1) is 17.2. The van der Waals surface area contributed by atoms with E-state index in [9.17, 15) is 14.0 Å². The summed E-state index contributed by atoms with van der Waals surface area (Å²) in [6.45, 7) is 3.18. The standard InChI is InChI=1S/C18H21FO4/c1-18(2)14(8-9-15(20)22-11-10-19)16(18)17(21)23-12-13-6-4-3-5-7-13/h3-9,14,16H,10-12H2,1-2H3/b9-8-/t14-,16-/m0/s1. The first-order valence-corrected chi connectivity index (χ1v) is 7.58. The summed E-state index contributed by atoms with van der Waals surface area (Å²) in [5.74, 6) is -1.23. The molecule has 0 amide bonds. The third-order valence-corrected chi connectivity index (χ3v) is 4.15. The molecule has 0 radical (unpaired) electrons. The monoisotopic (exact) mass is 320 g/mol. The van der Waals surface area contributed by atoms with Gasteiger partial charge in [-0.15, -0.1) is 0 Å². The summed E-state index contributed by atoms with van der Waals surface area (Å²) < 4.78 is 21.9. The molecule has 4 nitrogen and oxygen atoms in total. The second-order valence-corrected chi connectivity index (χ2v) is 6.13. The molecule has 0 unspecified atom stereocenters. The van der Waals surface area contributed by atoms with E-state index in [1.165, 1.54) is 6.08 Å². The Labute approximate surface area is 135 Å². The molecule has 1 aromatic carbocycles. The molecule has 0 aliphatic heterocycles. The van der Waals surface area contributed by atoms with Crippen LogP contribution >= 0.6 is 0 Å². The molecule has 2 rings (SSSR count). The smallest absolute Gasteiger partial charge is 0.330 e. The number of ether oxygens (including phenoxy) is 2. The van der Waals surface area contributed by atoms with Crippen molar-refractivity contribution < 1.29 is 23.5 Å². The van der Waals surface area contributed by atoms with Gasteiger partial charge in [0.25, 0.3) is 0 Å². The molecular formula is C18H21FO4. The van der Waals surface area contributed by atoms with Crippen molar-refractivity contribution in [1.29, 1.82) is 0 Å². The van der Waals surface area contributed by atoms with Gasteiger partial charge in [0, 0.05) is 6.08 Å². The van der Waals surface area contributed by atoms with Gasteiger partial charge in [0.2, 0.25) is 0 Å². The number of hydrogen-bond donors (Lipinski definition) is 0. The predicted molar refractivity (Wildman–Crippen MR) is 83.1 cm³/mol.